The Morgan fingerprint density at radius 2 is 1.91 bits per heavy atom. The fraction of sp³-hybridized carbons (Fsp3) is 0.900. The average molecular weight is 157 g/mol. The van der Waals surface area contributed by atoms with Crippen LogP contribution in [0.4, 0.5) is 0 Å². The van der Waals surface area contributed by atoms with Crippen molar-refractivity contribution < 1.29 is 4.74 Å². The first-order valence-electron chi connectivity index (χ1n) is 4.76. The lowest BCUT2D eigenvalue weighted by Gasteiger charge is -2.09. The third-order valence-corrected chi connectivity index (χ3v) is 1.81. The summed E-state index contributed by atoms with van der Waals surface area (Å²) in [6.07, 6.45) is 6.34. The van der Waals surface area contributed by atoms with Crippen LogP contribution in [-0.2, 0) is 4.74 Å². The first-order valence-corrected chi connectivity index (χ1v) is 4.76. The second kappa shape index (κ2) is 8.06. The first-order chi connectivity index (χ1) is 5.31. The zero-order valence-electron chi connectivity index (χ0n) is 7.94. The quantitative estimate of drug-likeness (QED) is 0.516. The Bertz CT molecular complexity index is 71.3. The van der Waals surface area contributed by atoms with Crippen molar-refractivity contribution in [2.24, 2.45) is 0 Å². The van der Waals surface area contributed by atoms with Gasteiger partial charge in [0, 0.05) is 6.61 Å². The second-order valence-electron chi connectivity index (χ2n) is 2.96. The van der Waals surface area contributed by atoms with Gasteiger partial charge in [-0.2, -0.15) is 0 Å². The van der Waals surface area contributed by atoms with Gasteiger partial charge in [0.25, 0.3) is 0 Å². The van der Waals surface area contributed by atoms with Gasteiger partial charge in [0.1, 0.15) is 0 Å². The number of hydrogen-bond acceptors (Lipinski definition) is 1. The van der Waals surface area contributed by atoms with E-state index in [1.54, 1.807) is 0 Å². The molecule has 0 aliphatic carbocycles. The molecule has 0 N–H and O–H groups in total. The zero-order chi connectivity index (χ0) is 8.53. The van der Waals surface area contributed by atoms with E-state index in [4.69, 9.17) is 4.74 Å². The van der Waals surface area contributed by atoms with E-state index >= 15 is 0 Å². The molecular weight excluding hydrogens is 136 g/mol. The highest BCUT2D eigenvalue weighted by molar-refractivity contribution is 4.55. The predicted molar refractivity (Wildman–Crippen MR) is 49.5 cm³/mol. The smallest absolute Gasteiger partial charge is 0.0573 e. The monoisotopic (exact) mass is 157 g/mol. The molecule has 1 unspecified atom stereocenters. The number of rotatable bonds is 7. The molecule has 0 aromatic carbocycles. The van der Waals surface area contributed by atoms with E-state index in [1.165, 1.54) is 25.7 Å². The lowest BCUT2D eigenvalue weighted by Crippen LogP contribution is -2.07. The summed E-state index contributed by atoms with van der Waals surface area (Å²) in [6, 6.07) is 0. The Morgan fingerprint density at radius 1 is 1.18 bits per heavy atom. The summed E-state index contributed by atoms with van der Waals surface area (Å²) >= 11 is 0. The minimum Gasteiger partial charge on any atom is -0.378 e. The van der Waals surface area contributed by atoms with Crippen molar-refractivity contribution in [3.05, 3.63) is 6.92 Å². The SMILES string of the molecule is [CH2]C(CC)OCCCCCC. The van der Waals surface area contributed by atoms with Gasteiger partial charge in [-0.3, -0.25) is 0 Å². The van der Waals surface area contributed by atoms with Crippen LogP contribution in [-0.4, -0.2) is 12.7 Å². The van der Waals surface area contributed by atoms with Crippen LogP contribution in [0.2, 0.25) is 0 Å². The largest absolute Gasteiger partial charge is 0.378 e. The van der Waals surface area contributed by atoms with E-state index in [2.05, 4.69) is 20.8 Å². The van der Waals surface area contributed by atoms with Crippen LogP contribution in [0.25, 0.3) is 0 Å². The minimum atomic E-state index is 0.205. The van der Waals surface area contributed by atoms with Crippen LogP contribution in [0.1, 0.15) is 46.0 Å². The average Bonchev–Trinajstić information content (AvgIpc) is 2.04. The Balaban J connectivity index is 2.89. The summed E-state index contributed by atoms with van der Waals surface area (Å²) < 4.78 is 5.43. The molecule has 0 rings (SSSR count). The highest BCUT2D eigenvalue weighted by Gasteiger charge is 1.96. The van der Waals surface area contributed by atoms with E-state index in [9.17, 15) is 0 Å². The summed E-state index contributed by atoms with van der Waals surface area (Å²) in [6.45, 7) is 9.06. The standard InChI is InChI=1S/C10H21O/c1-4-6-7-8-9-11-10(3)5-2/h10H,3-9H2,1-2H3. The molecule has 1 atom stereocenters. The van der Waals surface area contributed by atoms with Gasteiger partial charge in [0.2, 0.25) is 0 Å². The van der Waals surface area contributed by atoms with Crippen LogP contribution in [0, 0.1) is 6.92 Å². The maximum Gasteiger partial charge on any atom is 0.0573 e. The predicted octanol–water partition coefficient (Wildman–Crippen LogP) is 3.20. The van der Waals surface area contributed by atoms with Gasteiger partial charge in [-0.25, -0.2) is 0 Å². The van der Waals surface area contributed by atoms with Gasteiger partial charge >= 0.3 is 0 Å². The molecule has 0 aliphatic rings. The van der Waals surface area contributed by atoms with Crippen LogP contribution in [0.3, 0.4) is 0 Å². The van der Waals surface area contributed by atoms with Crippen molar-refractivity contribution in [3.63, 3.8) is 0 Å². The van der Waals surface area contributed by atoms with Gasteiger partial charge in [-0.1, -0.05) is 33.1 Å². The van der Waals surface area contributed by atoms with E-state index in [1.807, 2.05) is 0 Å². The lowest BCUT2D eigenvalue weighted by atomic mass is 10.2. The van der Waals surface area contributed by atoms with Gasteiger partial charge in [0.15, 0.2) is 0 Å². The van der Waals surface area contributed by atoms with Crippen LogP contribution in [0.5, 0.6) is 0 Å². The number of unbranched alkanes of at least 4 members (excludes halogenated alkanes) is 3. The first kappa shape index (κ1) is 11.0. The fourth-order valence-corrected chi connectivity index (χ4v) is 0.897. The molecule has 0 saturated carbocycles. The van der Waals surface area contributed by atoms with Crippen molar-refractivity contribution in [1.82, 2.24) is 0 Å². The summed E-state index contributed by atoms with van der Waals surface area (Å²) in [7, 11) is 0. The van der Waals surface area contributed by atoms with Gasteiger partial charge in [-0.15, -0.1) is 0 Å². The summed E-state index contributed by atoms with van der Waals surface area (Å²) in [4.78, 5) is 0. The molecule has 0 heterocycles. The molecule has 0 spiro atoms. The normalized spacial score (nSPS) is 13.4. The molecule has 1 radical (unpaired) electrons. The molecule has 1 nitrogen and oxygen atoms in total. The van der Waals surface area contributed by atoms with E-state index in [0.717, 1.165) is 13.0 Å². The summed E-state index contributed by atoms with van der Waals surface area (Å²) in [5, 5.41) is 0. The summed E-state index contributed by atoms with van der Waals surface area (Å²) in [5.74, 6) is 0. The minimum absolute atomic E-state index is 0.205. The molecule has 67 valence electrons. The lowest BCUT2D eigenvalue weighted by molar-refractivity contribution is 0.0778. The topological polar surface area (TPSA) is 9.23 Å². The van der Waals surface area contributed by atoms with E-state index < -0.39 is 0 Å². The Labute approximate surface area is 71.1 Å². The molecule has 0 amide bonds. The molecular formula is C10H21O. The maximum atomic E-state index is 5.43. The zero-order valence-corrected chi connectivity index (χ0v) is 7.94. The van der Waals surface area contributed by atoms with Crippen LogP contribution in [0.15, 0.2) is 0 Å². The summed E-state index contributed by atoms with van der Waals surface area (Å²) in [5.41, 5.74) is 0. The third-order valence-electron chi connectivity index (χ3n) is 1.81. The van der Waals surface area contributed by atoms with Crippen molar-refractivity contribution in [3.8, 4) is 0 Å². The van der Waals surface area contributed by atoms with Gasteiger partial charge < -0.3 is 4.74 Å². The van der Waals surface area contributed by atoms with Crippen molar-refractivity contribution in [1.29, 1.82) is 0 Å². The van der Waals surface area contributed by atoms with E-state index in [0.29, 0.717) is 0 Å². The highest BCUT2D eigenvalue weighted by atomic mass is 16.5. The highest BCUT2D eigenvalue weighted by Crippen LogP contribution is 2.01. The fourth-order valence-electron chi connectivity index (χ4n) is 0.897. The molecule has 0 fully saturated rings. The molecule has 0 aromatic heterocycles. The Morgan fingerprint density at radius 3 is 2.45 bits per heavy atom. The molecule has 0 bridgehead atoms. The number of ether oxygens (including phenoxy) is 1. The van der Waals surface area contributed by atoms with Crippen LogP contribution < -0.4 is 0 Å². The Hall–Kier alpha value is -0.0400. The molecule has 0 aromatic rings. The molecule has 1 heteroatoms. The number of hydrogen-bond donors (Lipinski definition) is 0. The van der Waals surface area contributed by atoms with Crippen molar-refractivity contribution in [2.75, 3.05) is 6.61 Å². The molecule has 11 heavy (non-hydrogen) atoms. The van der Waals surface area contributed by atoms with Crippen molar-refractivity contribution >= 4 is 0 Å². The van der Waals surface area contributed by atoms with Crippen LogP contribution >= 0.6 is 0 Å². The molecule has 0 aliphatic heterocycles. The third kappa shape index (κ3) is 7.86. The Kier molecular flexibility index (Phi) is 8.03. The molecule has 0 saturated heterocycles. The van der Waals surface area contributed by atoms with Gasteiger partial charge in [-0.05, 0) is 19.8 Å². The van der Waals surface area contributed by atoms with Crippen molar-refractivity contribution in [2.45, 2.75) is 52.1 Å². The van der Waals surface area contributed by atoms with Gasteiger partial charge in [0.05, 0.1) is 6.10 Å². The second-order valence-corrected chi connectivity index (χ2v) is 2.96. The maximum absolute atomic E-state index is 5.43. The van der Waals surface area contributed by atoms with E-state index in [-0.39, 0.29) is 6.10 Å².